The van der Waals surface area contributed by atoms with E-state index in [-0.39, 0.29) is 42.2 Å². The van der Waals surface area contributed by atoms with E-state index in [9.17, 15) is 22.8 Å². The first-order chi connectivity index (χ1) is 21.6. The summed E-state index contributed by atoms with van der Waals surface area (Å²) >= 11 is 0. The molecule has 2 amide bonds. The zero-order valence-electron chi connectivity index (χ0n) is 24.9. The number of rotatable bonds is 10. The fourth-order valence-corrected chi connectivity index (χ4v) is 5.40. The Morgan fingerprint density at radius 2 is 1.93 bits per heavy atom. The Morgan fingerprint density at radius 1 is 1.11 bits per heavy atom. The van der Waals surface area contributed by atoms with Crippen LogP contribution in [0.25, 0.3) is 16.8 Å². The van der Waals surface area contributed by atoms with Gasteiger partial charge < -0.3 is 25.4 Å². The number of pyridine rings is 1. The van der Waals surface area contributed by atoms with Crippen LogP contribution in [-0.4, -0.2) is 69.0 Å². The molecule has 1 fully saturated rings. The van der Waals surface area contributed by atoms with Crippen LogP contribution in [0.1, 0.15) is 60.8 Å². The Labute approximate surface area is 257 Å². The summed E-state index contributed by atoms with van der Waals surface area (Å²) in [7, 11) is 0. The molecule has 3 N–H and O–H groups in total. The molecule has 0 aliphatic carbocycles. The zero-order valence-corrected chi connectivity index (χ0v) is 24.9. The largest absolute Gasteiger partial charge is 0.490 e. The van der Waals surface area contributed by atoms with E-state index in [1.54, 1.807) is 18.5 Å². The molecule has 1 saturated heterocycles. The number of halogens is 3. The molecule has 0 spiro atoms. The molecule has 4 aromatic rings. The van der Waals surface area contributed by atoms with Crippen LogP contribution in [0.4, 0.5) is 24.8 Å². The zero-order chi connectivity index (χ0) is 32.1. The predicted octanol–water partition coefficient (Wildman–Crippen LogP) is 5.18. The molecular weight excluding hydrogens is 591 g/mol. The Bertz CT molecular complexity index is 1690. The van der Waals surface area contributed by atoms with Crippen molar-refractivity contribution in [2.75, 3.05) is 44.0 Å². The Kier molecular flexibility index (Phi) is 9.51. The van der Waals surface area contributed by atoms with Gasteiger partial charge in [-0.3, -0.25) is 14.0 Å². The number of aromatic nitrogens is 4. The summed E-state index contributed by atoms with van der Waals surface area (Å²) in [5.74, 6) is 0.361. The molecule has 1 unspecified atom stereocenters. The number of hydrogen-bond donors (Lipinski definition) is 2. The van der Waals surface area contributed by atoms with Crippen LogP contribution in [-0.2, 0) is 15.7 Å². The van der Waals surface area contributed by atoms with Gasteiger partial charge in [-0.15, -0.1) is 0 Å². The second-order valence-corrected chi connectivity index (χ2v) is 10.5. The van der Waals surface area contributed by atoms with Crippen molar-refractivity contribution in [2.24, 2.45) is 0 Å². The summed E-state index contributed by atoms with van der Waals surface area (Å²) < 4.78 is 52.9. The number of piperidine rings is 1. The number of amides is 2. The van der Waals surface area contributed by atoms with Crippen LogP contribution in [0.3, 0.4) is 0 Å². The van der Waals surface area contributed by atoms with E-state index in [4.69, 9.17) is 20.2 Å². The summed E-state index contributed by atoms with van der Waals surface area (Å²) in [5, 5.41) is 2.43. The van der Waals surface area contributed by atoms with Crippen LogP contribution >= 0.6 is 0 Å². The van der Waals surface area contributed by atoms with Crippen LogP contribution in [0, 0.1) is 0 Å². The average molecular weight is 626 g/mol. The fraction of sp³-hybridized carbons (Fsp3) is 0.387. The van der Waals surface area contributed by atoms with Crippen molar-refractivity contribution in [3.63, 3.8) is 0 Å². The van der Waals surface area contributed by atoms with E-state index < -0.39 is 17.6 Å². The molecule has 1 atom stereocenters. The third kappa shape index (κ3) is 7.00. The minimum atomic E-state index is -4.59. The third-order valence-electron chi connectivity index (χ3n) is 7.57. The van der Waals surface area contributed by atoms with Gasteiger partial charge in [0, 0.05) is 61.8 Å². The number of nitrogens with one attached hydrogen (secondary N) is 1. The number of carbonyl (C=O) groups is 2. The third-order valence-corrected chi connectivity index (χ3v) is 7.57. The SMILES string of the molecule is CCOCCOc1cc(C(=O)Nc2cc(C(F)(F)F)ccn2)ccc1-c1nc(C2CCCN(C(=O)CC)C2)n2ccnc(N)c12. The molecule has 1 aliphatic heterocycles. The van der Waals surface area contributed by atoms with E-state index in [1.807, 2.05) is 23.1 Å². The van der Waals surface area contributed by atoms with Gasteiger partial charge in [0.15, 0.2) is 0 Å². The minimum Gasteiger partial charge on any atom is -0.490 e. The number of nitrogen functional groups attached to an aromatic ring is 1. The van der Waals surface area contributed by atoms with Crippen LogP contribution in [0.15, 0.2) is 48.9 Å². The number of anilines is 2. The van der Waals surface area contributed by atoms with Crippen molar-refractivity contribution in [3.8, 4) is 17.0 Å². The quantitative estimate of drug-likeness (QED) is 0.230. The molecule has 11 nitrogen and oxygen atoms in total. The molecular formula is C31H34F3N7O4. The molecule has 0 bridgehead atoms. The molecule has 45 heavy (non-hydrogen) atoms. The van der Waals surface area contributed by atoms with Gasteiger partial charge in [-0.2, -0.15) is 13.2 Å². The molecule has 3 aromatic heterocycles. The number of fused-ring (bicyclic) bond motifs is 1. The first-order valence-electron chi connectivity index (χ1n) is 14.7. The second kappa shape index (κ2) is 13.5. The molecule has 238 valence electrons. The fourth-order valence-electron chi connectivity index (χ4n) is 5.40. The first-order valence-corrected chi connectivity index (χ1v) is 14.7. The number of benzene rings is 1. The summed E-state index contributed by atoms with van der Waals surface area (Å²) in [4.78, 5) is 40.7. The molecule has 0 saturated carbocycles. The summed E-state index contributed by atoms with van der Waals surface area (Å²) in [6.45, 7) is 5.84. The van der Waals surface area contributed by atoms with E-state index in [1.165, 1.54) is 12.1 Å². The number of nitrogens with two attached hydrogens (primary N) is 1. The number of likely N-dealkylation sites (tertiary alicyclic amines) is 1. The summed E-state index contributed by atoms with van der Waals surface area (Å²) in [6.07, 6.45) is 1.83. The topological polar surface area (TPSA) is 137 Å². The summed E-state index contributed by atoms with van der Waals surface area (Å²) in [6, 6.07) is 6.25. The average Bonchev–Trinajstić information content (AvgIpc) is 3.43. The predicted molar refractivity (Wildman–Crippen MR) is 161 cm³/mol. The van der Waals surface area contributed by atoms with Crippen molar-refractivity contribution in [2.45, 2.75) is 45.2 Å². The molecule has 1 aromatic carbocycles. The number of imidazole rings is 1. The number of ether oxygens (including phenoxy) is 2. The first kappa shape index (κ1) is 31.7. The van der Waals surface area contributed by atoms with Gasteiger partial charge in [0.2, 0.25) is 5.91 Å². The van der Waals surface area contributed by atoms with E-state index in [2.05, 4.69) is 15.3 Å². The van der Waals surface area contributed by atoms with E-state index >= 15 is 0 Å². The van der Waals surface area contributed by atoms with Crippen molar-refractivity contribution >= 4 is 29.0 Å². The van der Waals surface area contributed by atoms with Crippen LogP contribution < -0.4 is 15.8 Å². The molecule has 14 heteroatoms. The van der Waals surface area contributed by atoms with Gasteiger partial charge in [0.1, 0.15) is 41.0 Å². The highest BCUT2D eigenvalue weighted by Gasteiger charge is 2.32. The van der Waals surface area contributed by atoms with Crippen LogP contribution in [0.2, 0.25) is 0 Å². The van der Waals surface area contributed by atoms with Gasteiger partial charge in [-0.25, -0.2) is 15.0 Å². The highest BCUT2D eigenvalue weighted by Crippen LogP contribution is 2.38. The van der Waals surface area contributed by atoms with Gasteiger partial charge in [-0.1, -0.05) is 6.92 Å². The maximum Gasteiger partial charge on any atom is 0.416 e. The lowest BCUT2D eigenvalue weighted by atomic mass is 9.97. The van der Waals surface area contributed by atoms with Crippen LogP contribution in [0.5, 0.6) is 5.75 Å². The van der Waals surface area contributed by atoms with E-state index in [0.717, 1.165) is 37.0 Å². The van der Waals surface area contributed by atoms with Crippen molar-refractivity contribution in [1.29, 1.82) is 0 Å². The standard InChI is InChI=1S/C31H34F3N7O4/c1-3-25(42)40-12-5-6-20(18-40)29-39-26(27-28(35)37-11-13-41(27)29)22-8-7-19(16-23(22)45-15-14-44-4-2)30(43)38-24-17-21(9-10-36-24)31(32,33)34/h7-11,13,16-17,20H,3-6,12,14-15,18H2,1-2H3,(H2,35,37)(H,36,38,43). The van der Waals surface area contributed by atoms with Gasteiger partial charge in [0.25, 0.3) is 5.91 Å². The minimum absolute atomic E-state index is 0.0513. The normalized spacial score (nSPS) is 15.3. The number of nitrogens with zero attached hydrogens (tertiary/aromatic N) is 5. The number of carbonyl (C=O) groups excluding carboxylic acids is 2. The lowest BCUT2D eigenvalue weighted by Gasteiger charge is -2.32. The Balaban J connectivity index is 1.53. The summed E-state index contributed by atoms with van der Waals surface area (Å²) in [5.41, 5.74) is 7.13. The lowest BCUT2D eigenvalue weighted by molar-refractivity contribution is -0.137. The van der Waals surface area contributed by atoms with E-state index in [0.29, 0.717) is 48.6 Å². The second-order valence-electron chi connectivity index (χ2n) is 10.5. The maximum atomic E-state index is 13.2. The Hall–Kier alpha value is -4.72. The monoisotopic (exact) mass is 625 g/mol. The number of hydrogen-bond acceptors (Lipinski definition) is 8. The van der Waals surface area contributed by atoms with Crippen molar-refractivity contribution in [1.82, 2.24) is 24.3 Å². The van der Waals surface area contributed by atoms with Crippen molar-refractivity contribution < 1.29 is 32.2 Å². The lowest BCUT2D eigenvalue weighted by Crippen LogP contribution is -2.39. The smallest absolute Gasteiger partial charge is 0.416 e. The molecule has 0 radical (unpaired) electrons. The number of alkyl halides is 3. The van der Waals surface area contributed by atoms with Gasteiger partial charge in [-0.05, 0) is 50.1 Å². The highest BCUT2D eigenvalue weighted by molar-refractivity contribution is 6.04. The van der Waals surface area contributed by atoms with Crippen molar-refractivity contribution in [3.05, 3.63) is 65.9 Å². The van der Waals surface area contributed by atoms with Gasteiger partial charge >= 0.3 is 6.18 Å². The maximum absolute atomic E-state index is 13.2. The van der Waals surface area contributed by atoms with Gasteiger partial charge in [0.05, 0.1) is 12.2 Å². The molecule has 1 aliphatic rings. The highest BCUT2D eigenvalue weighted by atomic mass is 19.4. The Morgan fingerprint density at radius 3 is 2.69 bits per heavy atom. The molecule has 4 heterocycles. The molecule has 5 rings (SSSR count).